The molecule has 0 radical (unpaired) electrons. The molecule has 84 heavy (non-hydrogen) atoms. The van der Waals surface area contributed by atoms with Gasteiger partial charge in [0.15, 0.2) is 12.2 Å². The van der Waals surface area contributed by atoms with Crippen LogP contribution in [0, 0.1) is 11.8 Å². The topological polar surface area (TPSA) is 237 Å². The molecule has 17 nitrogen and oxygen atoms in total. The zero-order chi connectivity index (χ0) is 62.2. The maximum atomic E-state index is 13.0. The number of esters is 4. The molecule has 0 heterocycles. The van der Waals surface area contributed by atoms with E-state index in [1.54, 1.807) is 0 Å². The first-order valence-corrected chi connectivity index (χ1v) is 37.0. The highest BCUT2D eigenvalue weighted by Crippen LogP contribution is 2.45. The van der Waals surface area contributed by atoms with Gasteiger partial charge in [-0.1, -0.05) is 273 Å². The Morgan fingerprint density at radius 2 is 0.548 bits per heavy atom. The molecule has 3 N–H and O–H groups in total. The predicted octanol–water partition coefficient (Wildman–Crippen LogP) is 18.0. The van der Waals surface area contributed by atoms with Crippen LogP contribution in [0.15, 0.2) is 0 Å². The number of hydrogen-bond acceptors (Lipinski definition) is 15. The van der Waals surface area contributed by atoms with Crippen LogP contribution in [0.3, 0.4) is 0 Å². The van der Waals surface area contributed by atoms with Crippen LogP contribution in [-0.2, 0) is 65.4 Å². The number of unbranched alkanes of at least 4 members (excludes halogenated alkanes) is 34. The summed E-state index contributed by atoms with van der Waals surface area (Å²) < 4.78 is 67.9. The van der Waals surface area contributed by atoms with Gasteiger partial charge in [-0.2, -0.15) is 0 Å². The Labute approximate surface area is 511 Å². The van der Waals surface area contributed by atoms with Crippen LogP contribution in [0.4, 0.5) is 0 Å². The number of aliphatic hydroxyl groups excluding tert-OH is 1. The summed E-state index contributed by atoms with van der Waals surface area (Å²) in [4.78, 5) is 72.1. The van der Waals surface area contributed by atoms with Gasteiger partial charge in [-0.25, -0.2) is 9.13 Å². The van der Waals surface area contributed by atoms with Gasteiger partial charge < -0.3 is 33.8 Å². The molecule has 5 atom stereocenters. The van der Waals surface area contributed by atoms with Crippen molar-refractivity contribution < 1.29 is 80.2 Å². The lowest BCUT2D eigenvalue weighted by atomic mass is 10.0. The monoisotopic (exact) mass is 1240 g/mol. The fraction of sp³-hybridized carbons (Fsp3) is 0.938. The first-order valence-electron chi connectivity index (χ1n) is 34.0. The highest BCUT2D eigenvalue weighted by molar-refractivity contribution is 7.47. The quantitative estimate of drug-likeness (QED) is 0.0222. The highest BCUT2D eigenvalue weighted by Gasteiger charge is 2.30. The van der Waals surface area contributed by atoms with Crippen LogP contribution < -0.4 is 0 Å². The van der Waals surface area contributed by atoms with Gasteiger partial charge in [-0.05, 0) is 37.5 Å². The van der Waals surface area contributed by atoms with Crippen LogP contribution in [0.1, 0.15) is 324 Å². The summed E-state index contributed by atoms with van der Waals surface area (Å²) in [6.45, 7) is 9.33. The molecule has 0 rings (SSSR count). The van der Waals surface area contributed by atoms with Crippen LogP contribution in [0.2, 0.25) is 0 Å². The number of rotatable bonds is 64. The Morgan fingerprint density at radius 3 is 0.810 bits per heavy atom. The van der Waals surface area contributed by atoms with E-state index in [0.717, 1.165) is 103 Å². The molecule has 0 aromatic rings. The Morgan fingerprint density at radius 1 is 0.321 bits per heavy atom. The predicted molar refractivity (Wildman–Crippen MR) is 335 cm³/mol. The van der Waals surface area contributed by atoms with E-state index in [4.69, 9.17) is 37.0 Å². The minimum absolute atomic E-state index is 0.102. The van der Waals surface area contributed by atoms with Gasteiger partial charge in [0.25, 0.3) is 0 Å². The molecule has 0 saturated heterocycles. The average Bonchev–Trinajstić information content (AvgIpc) is 3.48. The van der Waals surface area contributed by atoms with E-state index >= 15 is 0 Å². The van der Waals surface area contributed by atoms with Gasteiger partial charge >= 0.3 is 39.5 Å². The van der Waals surface area contributed by atoms with E-state index in [1.165, 1.54) is 128 Å². The van der Waals surface area contributed by atoms with Crippen molar-refractivity contribution in [1.29, 1.82) is 0 Å². The summed E-state index contributed by atoms with van der Waals surface area (Å²) in [5, 5.41) is 10.5. The first-order chi connectivity index (χ1) is 40.4. The van der Waals surface area contributed by atoms with Crippen molar-refractivity contribution in [2.45, 2.75) is 342 Å². The number of phosphoric acid groups is 2. The zero-order valence-corrected chi connectivity index (χ0v) is 56.0. The average molecular weight is 1240 g/mol. The normalized spacial score (nSPS) is 14.3. The second-order valence-electron chi connectivity index (χ2n) is 24.5. The zero-order valence-electron chi connectivity index (χ0n) is 54.2. The number of carbonyl (C=O) groups excluding carboxylic acids is 4. The molecule has 19 heteroatoms. The van der Waals surface area contributed by atoms with Crippen LogP contribution >= 0.6 is 15.6 Å². The molecular weight excluding hydrogens is 1110 g/mol. The van der Waals surface area contributed by atoms with Gasteiger partial charge in [0, 0.05) is 25.7 Å². The third kappa shape index (κ3) is 59.0. The van der Waals surface area contributed by atoms with E-state index < -0.39 is 97.5 Å². The molecule has 0 aromatic heterocycles. The van der Waals surface area contributed by atoms with E-state index in [-0.39, 0.29) is 25.7 Å². The lowest BCUT2D eigenvalue weighted by Crippen LogP contribution is -2.30. The second-order valence-corrected chi connectivity index (χ2v) is 27.4. The van der Waals surface area contributed by atoms with Crippen LogP contribution in [-0.4, -0.2) is 96.7 Å². The summed E-state index contributed by atoms with van der Waals surface area (Å²) in [6, 6.07) is 0. The molecular formula is C65H126O17P2. The van der Waals surface area contributed by atoms with Crippen molar-refractivity contribution in [2.75, 3.05) is 39.6 Å². The lowest BCUT2D eigenvalue weighted by molar-refractivity contribution is -0.161. The number of carbonyl (C=O) groups is 4. The van der Waals surface area contributed by atoms with Gasteiger partial charge in [0.1, 0.15) is 19.3 Å². The SMILES string of the molecule is CCCCCCCCCCCCCCCCCCCC(=O)O[C@H](COC(=O)CCCCCCCCCC(C)C)COP(=O)(O)OC[C@@H](O)COP(=O)(O)OC[C@@H](COC(=O)CCCCCCCCCC)OC(=O)CCCCCCCCC(C)C. The number of hydrogen-bond donors (Lipinski definition) is 3. The maximum Gasteiger partial charge on any atom is 0.472 e. The summed E-state index contributed by atoms with van der Waals surface area (Å²) in [5.74, 6) is -0.765. The molecule has 498 valence electrons. The standard InChI is InChI=1S/C65H126O17P2/c1-7-9-11-13-15-17-18-19-20-21-22-23-24-25-29-37-43-49-64(69)81-60(53-76-63(68)48-42-36-30-26-27-33-39-45-57(3)4)55-79-83(71,72)77-51-59(66)52-78-84(73,74)80-56-61(54-75-62(67)47-41-35-28-16-14-12-10-8-2)82-65(70)50-44-38-32-31-34-40-46-58(5)6/h57-61,66H,7-56H2,1-6H3,(H,71,72)(H,73,74)/t59-,60-,61-/m1/s1. The number of ether oxygens (including phenoxy) is 4. The second kappa shape index (κ2) is 57.5. The summed E-state index contributed by atoms with van der Waals surface area (Å²) >= 11 is 0. The number of aliphatic hydroxyl groups is 1. The lowest BCUT2D eigenvalue weighted by Gasteiger charge is -2.21. The molecule has 0 aliphatic heterocycles. The summed E-state index contributed by atoms with van der Waals surface area (Å²) in [6.07, 6.45) is 40.7. The minimum Gasteiger partial charge on any atom is -0.462 e. The third-order valence-corrected chi connectivity index (χ3v) is 16.9. The molecule has 0 bridgehead atoms. The van der Waals surface area contributed by atoms with Crippen molar-refractivity contribution in [3.63, 3.8) is 0 Å². The van der Waals surface area contributed by atoms with Crippen molar-refractivity contribution in [3.05, 3.63) is 0 Å². The first kappa shape index (κ1) is 82.1. The molecule has 2 unspecified atom stereocenters. The van der Waals surface area contributed by atoms with E-state index in [9.17, 15) is 43.2 Å². The third-order valence-electron chi connectivity index (χ3n) is 15.0. The van der Waals surface area contributed by atoms with Gasteiger partial charge in [0.2, 0.25) is 0 Å². The summed E-state index contributed by atoms with van der Waals surface area (Å²) in [5.41, 5.74) is 0. The Hall–Kier alpha value is -1.94. The molecule has 0 fully saturated rings. The van der Waals surface area contributed by atoms with E-state index in [2.05, 4.69) is 41.5 Å². The smallest absolute Gasteiger partial charge is 0.462 e. The molecule has 0 aromatic carbocycles. The molecule has 0 aliphatic rings. The van der Waals surface area contributed by atoms with Gasteiger partial charge in [-0.15, -0.1) is 0 Å². The van der Waals surface area contributed by atoms with Gasteiger partial charge in [-0.3, -0.25) is 37.3 Å². The summed E-state index contributed by atoms with van der Waals surface area (Å²) in [7, 11) is -9.88. The number of phosphoric ester groups is 2. The maximum absolute atomic E-state index is 13.0. The highest BCUT2D eigenvalue weighted by atomic mass is 31.2. The van der Waals surface area contributed by atoms with Crippen molar-refractivity contribution >= 4 is 39.5 Å². The van der Waals surface area contributed by atoms with Crippen molar-refractivity contribution in [1.82, 2.24) is 0 Å². The molecule has 0 saturated carbocycles. The van der Waals surface area contributed by atoms with Crippen LogP contribution in [0.5, 0.6) is 0 Å². The molecule has 0 amide bonds. The van der Waals surface area contributed by atoms with E-state index in [1.807, 2.05) is 0 Å². The minimum atomic E-state index is -4.95. The Balaban J connectivity index is 5.18. The van der Waals surface area contributed by atoms with E-state index in [0.29, 0.717) is 37.5 Å². The fourth-order valence-corrected chi connectivity index (χ4v) is 11.3. The Bertz CT molecular complexity index is 1650. The van der Waals surface area contributed by atoms with Gasteiger partial charge in [0.05, 0.1) is 26.4 Å². The van der Waals surface area contributed by atoms with Crippen LogP contribution in [0.25, 0.3) is 0 Å². The van der Waals surface area contributed by atoms with Crippen molar-refractivity contribution in [2.24, 2.45) is 11.8 Å². The molecule has 0 spiro atoms. The Kier molecular flexibility index (Phi) is 56.2. The molecule has 0 aliphatic carbocycles. The largest absolute Gasteiger partial charge is 0.472 e. The van der Waals surface area contributed by atoms with Crippen molar-refractivity contribution in [3.8, 4) is 0 Å². The fourth-order valence-electron chi connectivity index (χ4n) is 9.71.